The predicted octanol–water partition coefficient (Wildman–Crippen LogP) is 4.96. The van der Waals surface area contributed by atoms with Crippen LogP contribution in [0.3, 0.4) is 0 Å². The molecule has 0 amide bonds. The van der Waals surface area contributed by atoms with Gasteiger partial charge in [0.15, 0.2) is 12.0 Å². The number of benzene rings is 1. The second-order valence-corrected chi connectivity index (χ2v) is 5.78. The number of carbonyl (C=O) groups excluding carboxylic acids is 1. The quantitative estimate of drug-likeness (QED) is 0.752. The Balaban J connectivity index is 2.52. The van der Waals surface area contributed by atoms with Crippen molar-refractivity contribution in [1.29, 1.82) is 0 Å². The fraction of sp³-hybridized carbons (Fsp3) is 0.312. The second kappa shape index (κ2) is 5.51. The lowest BCUT2D eigenvalue weighted by molar-refractivity contribution is -0.137. The molecule has 0 spiro atoms. The number of hydrogen-bond acceptors (Lipinski definition) is 3. The van der Waals surface area contributed by atoms with Crippen LogP contribution in [0, 0.1) is 0 Å². The van der Waals surface area contributed by atoms with Crippen LogP contribution in [-0.4, -0.2) is 11.9 Å². The molecule has 0 unspecified atom stereocenters. The van der Waals surface area contributed by atoms with Crippen molar-refractivity contribution < 1.29 is 27.1 Å². The van der Waals surface area contributed by atoms with Gasteiger partial charge < -0.3 is 9.15 Å². The van der Waals surface area contributed by atoms with Crippen molar-refractivity contribution in [2.75, 3.05) is 0 Å². The van der Waals surface area contributed by atoms with Gasteiger partial charge in [-0.05, 0) is 51.1 Å². The Kier molecular flexibility index (Phi) is 4.04. The molecule has 0 aliphatic heterocycles. The Labute approximate surface area is 125 Å². The average Bonchev–Trinajstić information content (AvgIpc) is 2.84. The zero-order chi connectivity index (χ0) is 16.5. The Morgan fingerprint density at radius 1 is 1.09 bits per heavy atom. The van der Waals surface area contributed by atoms with E-state index in [4.69, 9.17) is 9.15 Å². The highest BCUT2D eigenvalue weighted by molar-refractivity contribution is 5.73. The van der Waals surface area contributed by atoms with Gasteiger partial charge in [-0.15, -0.1) is 0 Å². The van der Waals surface area contributed by atoms with Crippen molar-refractivity contribution in [3.8, 4) is 17.1 Å². The largest absolute Gasteiger partial charge is 0.488 e. The molecular formula is C16H15F3O3. The number of alkyl halides is 3. The van der Waals surface area contributed by atoms with E-state index in [1.54, 1.807) is 20.8 Å². The number of rotatable bonds is 3. The van der Waals surface area contributed by atoms with E-state index in [0.717, 1.165) is 12.1 Å². The molecule has 1 heterocycles. The summed E-state index contributed by atoms with van der Waals surface area (Å²) in [4.78, 5) is 10.6. The van der Waals surface area contributed by atoms with Crippen LogP contribution in [0.15, 0.2) is 34.7 Å². The molecule has 1 aromatic carbocycles. The minimum Gasteiger partial charge on any atom is -0.488 e. The lowest BCUT2D eigenvalue weighted by Gasteiger charge is -2.22. The molecule has 3 nitrogen and oxygen atoms in total. The molecule has 22 heavy (non-hydrogen) atoms. The Hall–Kier alpha value is -2.24. The molecule has 2 aromatic rings. The monoisotopic (exact) mass is 312 g/mol. The van der Waals surface area contributed by atoms with Crippen molar-refractivity contribution in [3.05, 3.63) is 41.7 Å². The normalized spacial score (nSPS) is 12.3. The van der Waals surface area contributed by atoms with Crippen molar-refractivity contribution in [1.82, 2.24) is 0 Å². The van der Waals surface area contributed by atoms with Crippen LogP contribution in [-0.2, 0) is 6.18 Å². The molecule has 0 aliphatic carbocycles. The summed E-state index contributed by atoms with van der Waals surface area (Å²) in [5, 5.41) is 0. The molecule has 0 radical (unpaired) electrons. The number of ether oxygens (including phenoxy) is 1. The summed E-state index contributed by atoms with van der Waals surface area (Å²) in [6.45, 7) is 5.22. The van der Waals surface area contributed by atoms with Gasteiger partial charge in [0.05, 0.1) is 5.56 Å². The van der Waals surface area contributed by atoms with Crippen molar-refractivity contribution in [2.45, 2.75) is 32.5 Å². The van der Waals surface area contributed by atoms with Crippen LogP contribution in [0.1, 0.15) is 36.9 Å². The minimum absolute atomic E-state index is 0.0469. The summed E-state index contributed by atoms with van der Waals surface area (Å²) in [5.41, 5.74) is -1.28. The smallest absolute Gasteiger partial charge is 0.416 e. The van der Waals surface area contributed by atoms with E-state index in [0.29, 0.717) is 6.29 Å². The summed E-state index contributed by atoms with van der Waals surface area (Å²) >= 11 is 0. The van der Waals surface area contributed by atoms with E-state index >= 15 is 0 Å². The maximum absolute atomic E-state index is 13.0. The van der Waals surface area contributed by atoms with Gasteiger partial charge in [-0.3, -0.25) is 4.79 Å². The summed E-state index contributed by atoms with van der Waals surface area (Å²) in [6.07, 6.45) is -4.02. The van der Waals surface area contributed by atoms with Crippen molar-refractivity contribution >= 4 is 6.29 Å². The Morgan fingerprint density at radius 2 is 1.77 bits per heavy atom. The SMILES string of the molecule is CC(C)(C)Oc1cc(-c2ccc(C=O)o2)cc(C(F)(F)F)c1. The number of halogens is 3. The van der Waals surface area contributed by atoms with Crippen LogP contribution in [0.5, 0.6) is 5.75 Å². The molecule has 0 saturated carbocycles. The van der Waals surface area contributed by atoms with Crippen molar-refractivity contribution in [2.24, 2.45) is 0 Å². The lowest BCUT2D eigenvalue weighted by atomic mass is 10.1. The second-order valence-electron chi connectivity index (χ2n) is 5.78. The third kappa shape index (κ3) is 3.90. The van der Waals surface area contributed by atoms with Gasteiger partial charge >= 0.3 is 6.18 Å². The van der Waals surface area contributed by atoms with Crippen LogP contribution in [0.4, 0.5) is 13.2 Å². The number of furan rings is 1. The molecule has 2 rings (SSSR count). The topological polar surface area (TPSA) is 39.4 Å². The third-order valence-electron chi connectivity index (χ3n) is 2.69. The summed E-state index contributed by atoms with van der Waals surface area (Å²) in [5.74, 6) is 0.305. The maximum Gasteiger partial charge on any atom is 0.416 e. The first kappa shape index (κ1) is 16.1. The van der Waals surface area contributed by atoms with Gasteiger partial charge in [0.2, 0.25) is 0 Å². The van der Waals surface area contributed by atoms with Crippen LogP contribution >= 0.6 is 0 Å². The van der Waals surface area contributed by atoms with Gasteiger partial charge in [-0.25, -0.2) is 0 Å². The highest BCUT2D eigenvalue weighted by atomic mass is 19.4. The summed E-state index contributed by atoms with van der Waals surface area (Å²) in [6, 6.07) is 6.20. The number of aldehydes is 1. The molecule has 0 bridgehead atoms. The highest BCUT2D eigenvalue weighted by Gasteiger charge is 2.32. The molecular weight excluding hydrogens is 297 g/mol. The zero-order valence-electron chi connectivity index (χ0n) is 12.3. The molecule has 0 aliphatic rings. The van der Waals surface area contributed by atoms with E-state index in [9.17, 15) is 18.0 Å². The lowest BCUT2D eigenvalue weighted by Crippen LogP contribution is -2.23. The number of carbonyl (C=O) groups is 1. The summed E-state index contributed by atoms with van der Waals surface area (Å²) < 4.78 is 49.8. The third-order valence-corrected chi connectivity index (χ3v) is 2.69. The van der Waals surface area contributed by atoms with Gasteiger partial charge in [-0.2, -0.15) is 13.2 Å². The first-order valence-electron chi connectivity index (χ1n) is 6.55. The molecule has 0 saturated heterocycles. The molecule has 0 fully saturated rings. The Bertz CT molecular complexity index is 679. The average molecular weight is 312 g/mol. The van der Waals surface area contributed by atoms with E-state index < -0.39 is 17.3 Å². The highest BCUT2D eigenvalue weighted by Crippen LogP contribution is 2.36. The van der Waals surface area contributed by atoms with E-state index in [-0.39, 0.29) is 22.8 Å². The molecule has 0 atom stereocenters. The molecule has 118 valence electrons. The van der Waals surface area contributed by atoms with Crippen LogP contribution in [0.25, 0.3) is 11.3 Å². The standard InChI is InChI=1S/C16H15F3O3/c1-15(2,3)22-13-7-10(6-11(8-13)16(17,18)19)14-5-4-12(9-20)21-14/h4-9H,1-3H3. The molecule has 1 aromatic heterocycles. The Morgan fingerprint density at radius 3 is 2.27 bits per heavy atom. The van der Waals surface area contributed by atoms with Gasteiger partial charge in [-0.1, -0.05) is 0 Å². The first-order chi connectivity index (χ1) is 10.1. The first-order valence-corrected chi connectivity index (χ1v) is 6.55. The fourth-order valence-corrected chi connectivity index (χ4v) is 1.89. The van der Waals surface area contributed by atoms with Gasteiger partial charge in [0, 0.05) is 5.56 Å². The fourth-order valence-electron chi connectivity index (χ4n) is 1.89. The minimum atomic E-state index is -4.51. The van der Waals surface area contributed by atoms with E-state index in [2.05, 4.69) is 0 Å². The van der Waals surface area contributed by atoms with E-state index in [1.165, 1.54) is 18.2 Å². The van der Waals surface area contributed by atoms with E-state index in [1.807, 2.05) is 0 Å². The van der Waals surface area contributed by atoms with Crippen LogP contribution in [0.2, 0.25) is 0 Å². The molecule has 0 N–H and O–H groups in total. The number of hydrogen-bond donors (Lipinski definition) is 0. The summed E-state index contributed by atoms with van der Waals surface area (Å²) in [7, 11) is 0. The predicted molar refractivity (Wildman–Crippen MR) is 74.9 cm³/mol. The maximum atomic E-state index is 13.0. The van der Waals surface area contributed by atoms with Crippen LogP contribution < -0.4 is 4.74 Å². The van der Waals surface area contributed by atoms with Gasteiger partial charge in [0.1, 0.15) is 17.1 Å². The van der Waals surface area contributed by atoms with Crippen molar-refractivity contribution in [3.63, 3.8) is 0 Å². The van der Waals surface area contributed by atoms with Gasteiger partial charge in [0.25, 0.3) is 0 Å². The zero-order valence-corrected chi connectivity index (χ0v) is 12.3. The molecule has 6 heteroatoms.